The van der Waals surface area contributed by atoms with Gasteiger partial charge in [-0.3, -0.25) is 4.79 Å². The molecule has 1 atom stereocenters. The monoisotopic (exact) mass is 322 g/mol. The summed E-state index contributed by atoms with van der Waals surface area (Å²) < 4.78 is 0. The van der Waals surface area contributed by atoms with Crippen LogP contribution in [-0.2, 0) is 24.3 Å². The van der Waals surface area contributed by atoms with Gasteiger partial charge in [0.2, 0.25) is 5.91 Å². The van der Waals surface area contributed by atoms with Crippen molar-refractivity contribution in [3.05, 3.63) is 57.3 Å². The average molecular weight is 323 g/mol. The Morgan fingerprint density at radius 3 is 2.81 bits per heavy atom. The van der Waals surface area contributed by atoms with Crippen LogP contribution in [0.15, 0.2) is 35.7 Å². The van der Waals surface area contributed by atoms with E-state index in [9.17, 15) is 4.79 Å². The topological polar surface area (TPSA) is 41.1 Å². The molecule has 3 nitrogen and oxygen atoms in total. The van der Waals surface area contributed by atoms with Crippen molar-refractivity contribution in [2.75, 3.05) is 0 Å². The fourth-order valence-electron chi connectivity index (χ4n) is 2.52. The molecule has 1 aromatic heterocycles. The molecule has 1 aliphatic heterocycles. The molecule has 2 N–H and O–H groups in total. The zero-order chi connectivity index (χ0) is 13.9. The van der Waals surface area contributed by atoms with Crippen LogP contribution in [0.4, 0.5) is 0 Å². The van der Waals surface area contributed by atoms with Gasteiger partial charge in [-0.05, 0) is 41.5 Å². The summed E-state index contributed by atoms with van der Waals surface area (Å²) in [6.45, 7) is 3.47. The molecular weight excluding hydrogens is 304 g/mol. The van der Waals surface area contributed by atoms with Crippen LogP contribution in [-0.4, -0.2) is 11.9 Å². The number of hydrogen-bond donors (Lipinski definition) is 2. The molecule has 2 heterocycles. The molecule has 0 saturated heterocycles. The highest BCUT2D eigenvalue weighted by Gasteiger charge is 2.23. The van der Waals surface area contributed by atoms with Gasteiger partial charge in [-0.15, -0.1) is 23.7 Å². The number of fused-ring (bicyclic) bond motifs is 1. The maximum absolute atomic E-state index is 12.2. The molecule has 112 valence electrons. The first-order chi connectivity index (χ1) is 9.74. The normalized spacial score (nSPS) is 16.7. The molecule has 21 heavy (non-hydrogen) atoms. The summed E-state index contributed by atoms with van der Waals surface area (Å²) in [6.07, 6.45) is 0.769. The zero-order valence-corrected chi connectivity index (χ0v) is 13.5. The van der Waals surface area contributed by atoms with Gasteiger partial charge in [0.05, 0.1) is 12.6 Å². The smallest absolute Gasteiger partial charge is 0.237 e. The number of rotatable bonds is 3. The summed E-state index contributed by atoms with van der Waals surface area (Å²) in [7, 11) is 0. The Hall–Kier alpha value is -1.36. The van der Waals surface area contributed by atoms with Gasteiger partial charge >= 0.3 is 0 Å². The lowest BCUT2D eigenvalue weighted by molar-refractivity contribution is -0.123. The molecule has 3 rings (SSSR count). The van der Waals surface area contributed by atoms with Gasteiger partial charge in [-0.1, -0.05) is 24.3 Å². The minimum Gasteiger partial charge on any atom is -0.350 e. The van der Waals surface area contributed by atoms with Gasteiger partial charge in [-0.2, -0.15) is 0 Å². The Labute approximate surface area is 135 Å². The number of carbonyl (C=O) groups excluding carboxylic acids is 1. The standard InChI is InChI=1S/C16H18N2OS.ClH/c1-11-6-7-20-15(11)10-18-16(19)14-8-12-4-2-3-5-13(12)9-17-14;/h2-7,14,17H,8-10H2,1H3,(H,18,19);1H. The number of nitrogens with one attached hydrogen (secondary N) is 2. The number of aryl methyl sites for hydroxylation is 1. The molecule has 0 bridgehead atoms. The maximum atomic E-state index is 12.2. The SMILES string of the molecule is Cc1ccsc1CNC(=O)C1Cc2ccccc2CN1.Cl. The van der Waals surface area contributed by atoms with Crippen molar-refractivity contribution >= 4 is 29.7 Å². The van der Waals surface area contributed by atoms with E-state index in [2.05, 4.69) is 41.1 Å². The molecule has 0 fully saturated rings. The van der Waals surface area contributed by atoms with E-state index < -0.39 is 0 Å². The zero-order valence-electron chi connectivity index (χ0n) is 11.9. The second-order valence-corrected chi connectivity index (χ2v) is 6.15. The summed E-state index contributed by atoms with van der Waals surface area (Å²) in [5.74, 6) is 0.0901. The minimum absolute atomic E-state index is 0. The Morgan fingerprint density at radius 1 is 1.33 bits per heavy atom. The Balaban J connectivity index is 0.00000161. The highest BCUT2D eigenvalue weighted by atomic mass is 35.5. The van der Waals surface area contributed by atoms with E-state index in [4.69, 9.17) is 0 Å². The third-order valence-corrected chi connectivity index (χ3v) is 4.81. The fourth-order valence-corrected chi connectivity index (χ4v) is 3.36. The summed E-state index contributed by atoms with van der Waals surface area (Å²) in [4.78, 5) is 13.5. The number of hydrogen-bond acceptors (Lipinski definition) is 3. The number of carbonyl (C=O) groups is 1. The third-order valence-electron chi connectivity index (χ3n) is 3.79. The van der Waals surface area contributed by atoms with Gasteiger partial charge in [-0.25, -0.2) is 0 Å². The fraction of sp³-hybridized carbons (Fsp3) is 0.312. The minimum atomic E-state index is -0.120. The predicted molar refractivity (Wildman–Crippen MR) is 88.9 cm³/mol. The van der Waals surface area contributed by atoms with E-state index in [0.717, 1.165) is 13.0 Å². The van der Waals surface area contributed by atoms with Crippen molar-refractivity contribution in [3.8, 4) is 0 Å². The molecule has 1 amide bonds. The van der Waals surface area contributed by atoms with Crippen LogP contribution in [0.3, 0.4) is 0 Å². The summed E-state index contributed by atoms with van der Waals surface area (Å²) >= 11 is 1.69. The quantitative estimate of drug-likeness (QED) is 0.912. The van der Waals surface area contributed by atoms with Crippen LogP contribution in [0.5, 0.6) is 0 Å². The van der Waals surface area contributed by atoms with Gasteiger partial charge < -0.3 is 10.6 Å². The first-order valence-corrected chi connectivity index (χ1v) is 7.73. The summed E-state index contributed by atoms with van der Waals surface area (Å²) in [5.41, 5.74) is 3.82. The molecule has 1 aromatic carbocycles. The molecule has 2 aromatic rings. The predicted octanol–water partition coefficient (Wildman–Crippen LogP) is 2.81. The van der Waals surface area contributed by atoms with Crippen LogP contribution in [0.25, 0.3) is 0 Å². The number of halogens is 1. The second kappa shape index (κ2) is 7.07. The maximum Gasteiger partial charge on any atom is 0.237 e. The molecule has 0 spiro atoms. The van der Waals surface area contributed by atoms with Crippen LogP contribution < -0.4 is 10.6 Å². The van der Waals surface area contributed by atoms with Crippen molar-refractivity contribution < 1.29 is 4.79 Å². The number of amides is 1. The lowest BCUT2D eigenvalue weighted by Gasteiger charge is -2.25. The summed E-state index contributed by atoms with van der Waals surface area (Å²) in [5, 5.41) is 8.41. The van der Waals surface area contributed by atoms with Crippen molar-refractivity contribution in [1.82, 2.24) is 10.6 Å². The van der Waals surface area contributed by atoms with Crippen molar-refractivity contribution in [2.24, 2.45) is 0 Å². The van der Waals surface area contributed by atoms with E-state index in [1.165, 1.54) is 21.6 Å². The lowest BCUT2D eigenvalue weighted by atomic mass is 9.95. The van der Waals surface area contributed by atoms with Crippen LogP contribution in [0, 0.1) is 6.92 Å². The second-order valence-electron chi connectivity index (χ2n) is 5.15. The van der Waals surface area contributed by atoms with Gasteiger partial charge in [0, 0.05) is 11.4 Å². The Bertz CT molecular complexity index is 626. The molecule has 0 saturated carbocycles. The Morgan fingerprint density at radius 2 is 2.10 bits per heavy atom. The van der Waals surface area contributed by atoms with E-state index >= 15 is 0 Å². The van der Waals surface area contributed by atoms with E-state index in [1.54, 1.807) is 11.3 Å². The third kappa shape index (κ3) is 3.64. The lowest BCUT2D eigenvalue weighted by Crippen LogP contribution is -2.47. The molecule has 0 aliphatic carbocycles. The molecule has 5 heteroatoms. The molecule has 1 unspecified atom stereocenters. The van der Waals surface area contributed by atoms with Crippen molar-refractivity contribution in [3.63, 3.8) is 0 Å². The van der Waals surface area contributed by atoms with E-state index in [0.29, 0.717) is 6.54 Å². The molecular formula is C16H19ClN2OS. The van der Waals surface area contributed by atoms with E-state index in [1.807, 2.05) is 12.1 Å². The average Bonchev–Trinajstić information content (AvgIpc) is 2.89. The molecule has 0 radical (unpaired) electrons. The number of thiophene rings is 1. The van der Waals surface area contributed by atoms with Gasteiger partial charge in [0.15, 0.2) is 0 Å². The van der Waals surface area contributed by atoms with Crippen molar-refractivity contribution in [2.45, 2.75) is 32.5 Å². The first-order valence-electron chi connectivity index (χ1n) is 6.85. The van der Waals surface area contributed by atoms with Crippen LogP contribution >= 0.6 is 23.7 Å². The highest BCUT2D eigenvalue weighted by Crippen LogP contribution is 2.17. The highest BCUT2D eigenvalue weighted by molar-refractivity contribution is 7.10. The first kappa shape index (κ1) is 16.0. The number of benzene rings is 1. The molecule has 1 aliphatic rings. The van der Waals surface area contributed by atoms with Gasteiger partial charge in [0.1, 0.15) is 0 Å². The largest absolute Gasteiger partial charge is 0.350 e. The van der Waals surface area contributed by atoms with Gasteiger partial charge in [0.25, 0.3) is 0 Å². The van der Waals surface area contributed by atoms with Crippen molar-refractivity contribution in [1.29, 1.82) is 0 Å². The van der Waals surface area contributed by atoms with Crippen LogP contribution in [0.1, 0.15) is 21.6 Å². The van der Waals surface area contributed by atoms with Crippen LogP contribution in [0.2, 0.25) is 0 Å². The van der Waals surface area contributed by atoms with E-state index in [-0.39, 0.29) is 24.4 Å². The Kier molecular flexibility index (Phi) is 5.39. The summed E-state index contributed by atoms with van der Waals surface area (Å²) in [6, 6.07) is 10.3.